The first-order valence-electron chi connectivity index (χ1n) is 8.17. The average molecular weight is 315 g/mol. The summed E-state index contributed by atoms with van der Waals surface area (Å²) in [6.45, 7) is 1.95. The first kappa shape index (κ1) is 14.5. The van der Waals surface area contributed by atoms with E-state index in [0.29, 0.717) is 23.1 Å². The van der Waals surface area contributed by atoms with Gasteiger partial charge in [-0.3, -0.25) is 0 Å². The number of imidazole rings is 1. The third-order valence-electron chi connectivity index (χ3n) is 5.34. The van der Waals surface area contributed by atoms with Crippen molar-refractivity contribution in [2.24, 2.45) is 0 Å². The van der Waals surface area contributed by atoms with Crippen LogP contribution in [0.1, 0.15) is 31.2 Å². The van der Waals surface area contributed by atoms with E-state index in [0.717, 1.165) is 23.0 Å². The Morgan fingerprint density at radius 3 is 2.65 bits per heavy atom. The van der Waals surface area contributed by atoms with Crippen LogP contribution in [0.3, 0.4) is 0 Å². The summed E-state index contributed by atoms with van der Waals surface area (Å²) >= 11 is 0. The molecule has 3 atom stereocenters. The molecule has 2 fully saturated rings. The fourth-order valence-electron chi connectivity index (χ4n) is 4.06. The van der Waals surface area contributed by atoms with E-state index in [4.69, 9.17) is 4.74 Å². The van der Waals surface area contributed by atoms with Crippen molar-refractivity contribution in [2.45, 2.75) is 50.8 Å². The Balaban J connectivity index is 1.58. The molecule has 2 aliphatic heterocycles. The van der Waals surface area contributed by atoms with Gasteiger partial charge in [-0.15, -0.1) is 0 Å². The van der Waals surface area contributed by atoms with E-state index < -0.39 is 11.8 Å². The number of rotatable bonds is 1. The third kappa shape index (κ3) is 2.37. The van der Waals surface area contributed by atoms with Crippen LogP contribution in [0.15, 0.2) is 23.0 Å². The Bertz CT molecular complexity index is 808. The second-order valence-electron chi connectivity index (χ2n) is 6.81. The normalized spacial score (nSPS) is 27.5. The summed E-state index contributed by atoms with van der Waals surface area (Å²) < 4.78 is 6.77. The molecule has 2 aliphatic rings. The average Bonchev–Trinajstić information content (AvgIpc) is 2.90. The van der Waals surface area contributed by atoms with Crippen LogP contribution < -0.4 is 5.69 Å². The van der Waals surface area contributed by atoms with Crippen LogP contribution in [0.25, 0.3) is 11.0 Å². The van der Waals surface area contributed by atoms with Crippen molar-refractivity contribution in [3.05, 3.63) is 34.2 Å². The molecule has 6 heteroatoms. The molecule has 23 heavy (non-hydrogen) atoms. The maximum atomic E-state index is 12.5. The number of aromatic amines is 1. The molecule has 0 amide bonds. The number of benzene rings is 1. The summed E-state index contributed by atoms with van der Waals surface area (Å²) in [5.41, 5.74) is 1.83. The lowest BCUT2D eigenvalue weighted by Crippen LogP contribution is -2.44. The molecule has 1 N–H and O–H groups in total. The standard InChI is InChI=1S/C17H21N3O3/c1-10-3-6-15-14(7-10)18-16(21)20(15)17(22)23-13-8-11-4-5-12(9-13)19(11)2/h3,6-7,11-13H,4-5,8-9H2,1-2H3,(H,18,21)/t11-,12+,13?. The van der Waals surface area contributed by atoms with Crippen molar-refractivity contribution in [1.82, 2.24) is 14.5 Å². The van der Waals surface area contributed by atoms with Gasteiger partial charge in [0.2, 0.25) is 0 Å². The fourth-order valence-corrected chi connectivity index (χ4v) is 4.06. The molecule has 4 rings (SSSR count). The number of hydrogen-bond donors (Lipinski definition) is 1. The van der Waals surface area contributed by atoms with Gasteiger partial charge in [-0.25, -0.2) is 9.59 Å². The van der Waals surface area contributed by atoms with E-state index in [-0.39, 0.29) is 6.10 Å². The predicted octanol–water partition coefficient (Wildman–Crippen LogP) is 2.25. The summed E-state index contributed by atoms with van der Waals surface area (Å²) in [5, 5.41) is 0. The van der Waals surface area contributed by atoms with Crippen molar-refractivity contribution in [1.29, 1.82) is 0 Å². The summed E-state index contributed by atoms with van der Waals surface area (Å²) in [4.78, 5) is 29.8. The van der Waals surface area contributed by atoms with Gasteiger partial charge in [0.25, 0.3) is 0 Å². The number of piperidine rings is 1. The number of aromatic nitrogens is 2. The Morgan fingerprint density at radius 1 is 1.26 bits per heavy atom. The Hall–Kier alpha value is -2.08. The first-order valence-corrected chi connectivity index (χ1v) is 8.17. The second kappa shape index (κ2) is 5.23. The van der Waals surface area contributed by atoms with Crippen molar-refractivity contribution in [3.8, 4) is 0 Å². The summed E-state index contributed by atoms with van der Waals surface area (Å²) in [6, 6.07) is 6.51. The molecule has 1 aromatic carbocycles. The number of ether oxygens (including phenoxy) is 1. The van der Waals surface area contributed by atoms with Gasteiger partial charge >= 0.3 is 11.8 Å². The van der Waals surface area contributed by atoms with Crippen molar-refractivity contribution in [2.75, 3.05) is 7.05 Å². The molecule has 0 spiro atoms. The monoisotopic (exact) mass is 315 g/mol. The van der Waals surface area contributed by atoms with Crippen LogP contribution >= 0.6 is 0 Å². The molecular weight excluding hydrogens is 294 g/mol. The highest BCUT2D eigenvalue weighted by molar-refractivity contribution is 5.86. The van der Waals surface area contributed by atoms with Gasteiger partial charge in [0.05, 0.1) is 11.0 Å². The van der Waals surface area contributed by atoms with Crippen molar-refractivity contribution in [3.63, 3.8) is 0 Å². The summed E-state index contributed by atoms with van der Waals surface area (Å²) in [5.74, 6) is 0. The minimum absolute atomic E-state index is 0.0986. The zero-order valence-corrected chi connectivity index (χ0v) is 13.4. The smallest absolute Gasteiger partial charge is 0.423 e. The van der Waals surface area contributed by atoms with Crippen LogP contribution in [0.4, 0.5) is 4.79 Å². The lowest BCUT2D eigenvalue weighted by atomic mass is 10.0. The summed E-state index contributed by atoms with van der Waals surface area (Å²) in [7, 11) is 2.15. The molecule has 0 saturated carbocycles. The lowest BCUT2D eigenvalue weighted by molar-refractivity contribution is 0.0290. The van der Waals surface area contributed by atoms with E-state index >= 15 is 0 Å². The Kier molecular flexibility index (Phi) is 3.30. The highest BCUT2D eigenvalue weighted by atomic mass is 16.6. The van der Waals surface area contributed by atoms with E-state index in [1.165, 1.54) is 12.8 Å². The van der Waals surface area contributed by atoms with Gasteiger partial charge in [0.1, 0.15) is 6.10 Å². The molecule has 6 nitrogen and oxygen atoms in total. The Labute approximate surface area is 134 Å². The van der Waals surface area contributed by atoms with Crippen LogP contribution in [-0.4, -0.2) is 45.8 Å². The lowest BCUT2D eigenvalue weighted by Gasteiger charge is -2.35. The molecular formula is C17H21N3O3. The van der Waals surface area contributed by atoms with Gasteiger partial charge < -0.3 is 14.6 Å². The zero-order valence-electron chi connectivity index (χ0n) is 13.4. The molecule has 0 radical (unpaired) electrons. The van der Waals surface area contributed by atoms with E-state index in [1.807, 2.05) is 19.1 Å². The number of carbonyl (C=O) groups is 1. The topological polar surface area (TPSA) is 67.3 Å². The number of carbonyl (C=O) groups excluding carboxylic acids is 1. The molecule has 2 bridgehead atoms. The van der Waals surface area contributed by atoms with E-state index in [9.17, 15) is 9.59 Å². The molecule has 0 aliphatic carbocycles. The number of nitrogens with one attached hydrogen (secondary N) is 1. The van der Waals surface area contributed by atoms with Crippen LogP contribution in [-0.2, 0) is 4.74 Å². The highest BCUT2D eigenvalue weighted by Gasteiger charge is 2.40. The number of fused-ring (bicyclic) bond motifs is 3. The largest absolute Gasteiger partial charge is 0.445 e. The van der Waals surface area contributed by atoms with Gasteiger partial charge in [-0.2, -0.15) is 4.57 Å². The minimum Gasteiger partial charge on any atom is -0.445 e. The SMILES string of the molecule is Cc1ccc2c(c1)[nH]c(=O)n2C(=O)OC1C[C@H]2CC[C@@H](C1)N2C. The van der Waals surface area contributed by atoms with E-state index in [2.05, 4.69) is 16.9 Å². The van der Waals surface area contributed by atoms with Crippen molar-refractivity contribution >= 4 is 17.1 Å². The predicted molar refractivity (Wildman–Crippen MR) is 86.8 cm³/mol. The van der Waals surface area contributed by atoms with Gasteiger partial charge in [0, 0.05) is 24.9 Å². The van der Waals surface area contributed by atoms with Gasteiger partial charge in [-0.1, -0.05) is 6.07 Å². The number of nitrogens with zero attached hydrogens (tertiary/aromatic N) is 2. The number of hydrogen-bond acceptors (Lipinski definition) is 4. The maximum absolute atomic E-state index is 12.5. The quantitative estimate of drug-likeness (QED) is 0.876. The number of aryl methyl sites for hydroxylation is 1. The minimum atomic E-state index is -0.570. The molecule has 3 heterocycles. The van der Waals surface area contributed by atoms with E-state index in [1.54, 1.807) is 6.07 Å². The van der Waals surface area contributed by atoms with Crippen LogP contribution in [0.2, 0.25) is 0 Å². The van der Waals surface area contributed by atoms with Gasteiger partial charge in [-0.05, 0) is 44.5 Å². The second-order valence-corrected chi connectivity index (χ2v) is 6.81. The van der Waals surface area contributed by atoms with Crippen molar-refractivity contribution < 1.29 is 9.53 Å². The maximum Gasteiger partial charge on any atom is 0.423 e. The molecule has 1 aromatic heterocycles. The highest BCUT2D eigenvalue weighted by Crippen LogP contribution is 2.35. The summed E-state index contributed by atoms with van der Waals surface area (Å²) in [6.07, 6.45) is 3.38. The van der Waals surface area contributed by atoms with Gasteiger partial charge in [0.15, 0.2) is 0 Å². The Morgan fingerprint density at radius 2 is 1.96 bits per heavy atom. The first-order chi connectivity index (χ1) is 11.0. The third-order valence-corrected chi connectivity index (χ3v) is 5.34. The molecule has 1 unspecified atom stereocenters. The zero-order chi connectivity index (χ0) is 16.1. The fraction of sp³-hybridized carbons (Fsp3) is 0.529. The van der Waals surface area contributed by atoms with Crippen LogP contribution in [0.5, 0.6) is 0 Å². The van der Waals surface area contributed by atoms with Crippen LogP contribution in [0, 0.1) is 6.92 Å². The number of H-pyrrole nitrogens is 1. The molecule has 2 aromatic rings. The molecule has 2 saturated heterocycles. The molecule has 122 valence electrons.